The zero-order chi connectivity index (χ0) is 17.9. The zero-order valence-corrected chi connectivity index (χ0v) is 15.7. The Morgan fingerprint density at radius 1 is 1.08 bits per heavy atom. The van der Waals surface area contributed by atoms with Gasteiger partial charge < -0.3 is 15.4 Å². The van der Waals surface area contributed by atoms with Gasteiger partial charge in [-0.05, 0) is 23.1 Å². The van der Waals surface area contributed by atoms with E-state index in [0.717, 1.165) is 13.1 Å². The third-order valence-corrected chi connectivity index (χ3v) is 5.85. The molecule has 2 fully saturated rings. The van der Waals surface area contributed by atoms with Crippen molar-refractivity contribution >= 4 is 11.8 Å². The number of hydrogen-bond acceptors (Lipinski definition) is 3. The summed E-state index contributed by atoms with van der Waals surface area (Å²) in [7, 11) is 0. The molecule has 2 unspecified atom stereocenters. The molecule has 132 valence electrons. The van der Waals surface area contributed by atoms with Gasteiger partial charge in [0.05, 0.1) is 0 Å². The first-order valence-corrected chi connectivity index (χ1v) is 8.81. The standard InChI is InChI=1S/C20H30N2O2/c1-18(2,3)13-7-9-14(10-8-13)22-11-15-16(12-22)20(15,19(4,5)6)24-17(21)23/h7-10,15-16H,11-12H2,1-6H3,(H2,21,23)/t15-,16?,20?/m0/s1. The van der Waals surface area contributed by atoms with E-state index in [1.54, 1.807) is 0 Å². The van der Waals surface area contributed by atoms with Crippen LogP contribution in [0.4, 0.5) is 10.5 Å². The second-order valence-corrected chi connectivity index (χ2v) is 9.38. The van der Waals surface area contributed by atoms with Crippen molar-refractivity contribution in [2.24, 2.45) is 23.0 Å². The minimum atomic E-state index is -0.652. The average Bonchev–Trinajstić information content (AvgIpc) is 2.84. The SMILES string of the molecule is CC(C)(C)c1ccc(N2CC3[C@H](C2)C3(OC(N)=O)C(C)(C)C)cc1. The Hall–Kier alpha value is -1.71. The molecule has 2 N–H and O–H groups in total. The van der Waals surface area contributed by atoms with Crippen LogP contribution in [0.15, 0.2) is 24.3 Å². The van der Waals surface area contributed by atoms with Crippen molar-refractivity contribution in [2.75, 3.05) is 18.0 Å². The average molecular weight is 330 g/mol. The van der Waals surface area contributed by atoms with E-state index in [0.29, 0.717) is 11.8 Å². The smallest absolute Gasteiger partial charge is 0.405 e. The summed E-state index contributed by atoms with van der Waals surface area (Å²) in [6.07, 6.45) is -0.652. The Morgan fingerprint density at radius 2 is 1.58 bits per heavy atom. The van der Waals surface area contributed by atoms with Gasteiger partial charge in [0.2, 0.25) is 0 Å². The van der Waals surface area contributed by atoms with Gasteiger partial charge in [0.25, 0.3) is 0 Å². The predicted octanol–water partition coefficient (Wildman–Crippen LogP) is 3.93. The maximum absolute atomic E-state index is 11.4. The summed E-state index contributed by atoms with van der Waals surface area (Å²) in [4.78, 5) is 13.8. The van der Waals surface area contributed by atoms with Crippen molar-refractivity contribution in [1.82, 2.24) is 0 Å². The lowest BCUT2D eigenvalue weighted by molar-refractivity contribution is -0.00870. The summed E-state index contributed by atoms with van der Waals surface area (Å²) in [6.45, 7) is 14.9. The maximum Gasteiger partial charge on any atom is 0.405 e. The third-order valence-electron chi connectivity index (χ3n) is 5.85. The van der Waals surface area contributed by atoms with Crippen LogP contribution in [0.3, 0.4) is 0 Å². The van der Waals surface area contributed by atoms with Gasteiger partial charge in [0.1, 0.15) is 5.60 Å². The first kappa shape index (κ1) is 17.1. The van der Waals surface area contributed by atoms with Gasteiger partial charge in [-0.3, -0.25) is 0 Å². The van der Waals surface area contributed by atoms with Crippen LogP contribution < -0.4 is 10.6 Å². The molecule has 1 aliphatic carbocycles. The van der Waals surface area contributed by atoms with Gasteiger partial charge >= 0.3 is 6.09 Å². The zero-order valence-electron chi connectivity index (χ0n) is 15.7. The van der Waals surface area contributed by atoms with Crippen molar-refractivity contribution in [1.29, 1.82) is 0 Å². The number of piperidine rings is 1. The number of carbonyl (C=O) groups excluding carboxylic acids is 1. The van der Waals surface area contributed by atoms with E-state index >= 15 is 0 Å². The number of amides is 1. The Bertz CT molecular complexity index is 625. The molecule has 0 aromatic heterocycles. The van der Waals surface area contributed by atoms with Crippen LogP contribution in [0.5, 0.6) is 0 Å². The molecule has 24 heavy (non-hydrogen) atoms. The van der Waals surface area contributed by atoms with E-state index in [1.807, 2.05) is 0 Å². The minimum Gasteiger partial charge on any atom is -0.442 e. The van der Waals surface area contributed by atoms with Crippen LogP contribution in [0, 0.1) is 17.3 Å². The lowest BCUT2D eigenvalue weighted by Gasteiger charge is -2.36. The molecule has 0 bridgehead atoms. The van der Waals surface area contributed by atoms with E-state index in [4.69, 9.17) is 10.5 Å². The molecule has 1 saturated carbocycles. The fourth-order valence-electron chi connectivity index (χ4n) is 4.55. The topological polar surface area (TPSA) is 55.6 Å². The molecule has 1 aromatic rings. The number of fused-ring (bicyclic) bond motifs is 1. The van der Waals surface area contributed by atoms with E-state index < -0.39 is 11.7 Å². The molecule has 1 heterocycles. The largest absolute Gasteiger partial charge is 0.442 e. The first-order valence-electron chi connectivity index (χ1n) is 8.81. The molecule has 1 aromatic carbocycles. The Balaban J connectivity index is 1.74. The summed E-state index contributed by atoms with van der Waals surface area (Å²) < 4.78 is 5.64. The number of rotatable bonds is 2. The van der Waals surface area contributed by atoms with Crippen LogP contribution >= 0.6 is 0 Å². The molecular weight excluding hydrogens is 300 g/mol. The summed E-state index contributed by atoms with van der Waals surface area (Å²) in [5.41, 5.74) is 7.61. The Morgan fingerprint density at radius 3 is 1.96 bits per heavy atom. The molecule has 1 aliphatic heterocycles. The van der Waals surface area contributed by atoms with E-state index in [9.17, 15) is 4.79 Å². The monoisotopic (exact) mass is 330 g/mol. The van der Waals surface area contributed by atoms with E-state index in [2.05, 4.69) is 70.7 Å². The van der Waals surface area contributed by atoms with Gasteiger partial charge in [0.15, 0.2) is 0 Å². The summed E-state index contributed by atoms with van der Waals surface area (Å²) >= 11 is 0. The molecule has 3 rings (SSSR count). The lowest BCUT2D eigenvalue weighted by Crippen LogP contribution is -2.44. The van der Waals surface area contributed by atoms with Gasteiger partial charge in [-0.25, -0.2) is 4.79 Å². The molecule has 3 atom stereocenters. The number of primary amides is 1. The minimum absolute atomic E-state index is 0.0977. The molecule has 4 heteroatoms. The Labute approximate surface area is 145 Å². The van der Waals surface area contributed by atoms with Crippen LogP contribution in [0.2, 0.25) is 0 Å². The highest BCUT2D eigenvalue weighted by Gasteiger charge is 2.76. The number of anilines is 1. The van der Waals surface area contributed by atoms with Crippen molar-refractivity contribution in [2.45, 2.75) is 52.6 Å². The Kier molecular flexibility index (Phi) is 3.67. The molecule has 2 aliphatic rings. The van der Waals surface area contributed by atoms with Crippen LogP contribution in [-0.2, 0) is 10.2 Å². The number of nitrogens with two attached hydrogens (primary N) is 1. The van der Waals surface area contributed by atoms with Gasteiger partial charge in [-0.1, -0.05) is 53.7 Å². The highest BCUT2D eigenvalue weighted by molar-refractivity contribution is 5.66. The van der Waals surface area contributed by atoms with Crippen LogP contribution in [-0.4, -0.2) is 24.8 Å². The second kappa shape index (κ2) is 5.14. The summed E-state index contributed by atoms with van der Waals surface area (Å²) in [5, 5.41) is 0. The molecule has 4 nitrogen and oxygen atoms in total. The van der Waals surface area contributed by atoms with Crippen molar-refractivity contribution in [3.63, 3.8) is 0 Å². The number of nitrogens with zero attached hydrogens (tertiary/aromatic N) is 1. The van der Waals surface area contributed by atoms with Gasteiger partial charge in [-0.2, -0.15) is 0 Å². The van der Waals surface area contributed by atoms with Crippen molar-refractivity contribution in [3.05, 3.63) is 29.8 Å². The molecule has 0 radical (unpaired) electrons. The molecular formula is C20H30N2O2. The van der Waals surface area contributed by atoms with Crippen LogP contribution in [0.25, 0.3) is 0 Å². The van der Waals surface area contributed by atoms with Crippen molar-refractivity contribution in [3.8, 4) is 0 Å². The fraction of sp³-hybridized carbons (Fsp3) is 0.650. The lowest BCUT2D eigenvalue weighted by atomic mass is 9.83. The predicted molar refractivity (Wildman–Crippen MR) is 97.2 cm³/mol. The van der Waals surface area contributed by atoms with Gasteiger partial charge in [-0.15, -0.1) is 0 Å². The molecule has 1 saturated heterocycles. The normalized spacial score (nSPS) is 29.3. The second-order valence-electron chi connectivity index (χ2n) is 9.38. The van der Waals surface area contributed by atoms with Crippen molar-refractivity contribution < 1.29 is 9.53 Å². The number of carbonyl (C=O) groups is 1. The summed E-state index contributed by atoms with van der Waals surface area (Å²) in [5.74, 6) is 0.736. The summed E-state index contributed by atoms with van der Waals surface area (Å²) in [6, 6.07) is 8.85. The number of hydrogen-bond donors (Lipinski definition) is 1. The molecule has 0 spiro atoms. The molecule has 1 amide bonds. The number of ether oxygens (including phenoxy) is 1. The fourth-order valence-corrected chi connectivity index (χ4v) is 4.55. The number of benzene rings is 1. The van der Waals surface area contributed by atoms with Crippen LogP contribution in [0.1, 0.15) is 47.1 Å². The quantitative estimate of drug-likeness (QED) is 0.894. The maximum atomic E-state index is 11.4. The van der Waals surface area contributed by atoms with Gasteiger partial charge in [0, 0.05) is 36.0 Å². The first-order chi connectivity index (χ1) is 11.0. The van der Waals surface area contributed by atoms with E-state index in [-0.39, 0.29) is 10.8 Å². The highest BCUT2D eigenvalue weighted by atomic mass is 16.6. The highest BCUT2D eigenvalue weighted by Crippen LogP contribution is 2.66. The third kappa shape index (κ3) is 2.56. The van der Waals surface area contributed by atoms with E-state index in [1.165, 1.54) is 11.3 Å².